The molecule has 1 heterocycles. The second kappa shape index (κ2) is 7.64. The molecule has 4 rings (SSSR count). The van der Waals surface area contributed by atoms with E-state index in [-0.39, 0.29) is 35.5 Å². The van der Waals surface area contributed by atoms with Gasteiger partial charge in [0.1, 0.15) is 5.82 Å². The van der Waals surface area contributed by atoms with Gasteiger partial charge in [0, 0.05) is 25.2 Å². The van der Waals surface area contributed by atoms with Gasteiger partial charge >= 0.3 is 0 Å². The van der Waals surface area contributed by atoms with Crippen molar-refractivity contribution >= 4 is 21.6 Å². The maximum Gasteiger partial charge on any atom is 0.240 e. The summed E-state index contributed by atoms with van der Waals surface area (Å²) in [5, 5.41) is 0. The van der Waals surface area contributed by atoms with Crippen LogP contribution in [-0.2, 0) is 27.7 Å². The summed E-state index contributed by atoms with van der Waals surface area (Å²) in [6.45, 7) is 0.611. The van der Waals surface area contributed by atoms with Gasteiger partial charge in [-0.05, 0) is 79.1 Å². The van der Waals surface area contributed by atoms with Gasteiger partial charge in [-0.15, -0.1) is 0 Å². The molecule has 1 N–H and O–H groups in total. The zero-order valence-electron chi connectivity index (χ0n) is 15.5. The minimum Gasteiger partial charge on any atom is -0.312 e. The van der Waals surface area contributed by atoms with Gasteiger partial charge in [-0.25, -0.2) is 17.5 Å². The van der Waals surface area contributed by atoms with E-state index in [0.29, 0.717) is 12.2 Å². The molecule has 5 nitrogen and oxygen atoms in total. The van der Waals surface area contributed by atoms with Crippen molar-refractivity contribution in [2.75, 3.05) is 18.0 Å². The number of hydrogen-bond donors (Lipinski definition) is 1. The average molecular weight is 402 g/mol. The van der Waals surface area contributed by atoms with Gasteiger partial charge in [-0.3, -0.25) is 4.79 Å². The van der Waals surface area contributed by atoms with Gasteiger partial charge in [-0.2, -0.15) is 0 Å². The van der Waals surface area contributed by atoms with Crippen molar-refractivity contribution in [2.24, 2.45) is 5.92 Å². The van der Waals surface area contributed by atoms with E-state index in [1.807, 2.05) is 6.07 Å². The Morgan fingerprint density at radius 2 is 1.75 bits per heavy atom. The number of hydrogen-bond acceptors (Lipinski definition) is 3. The molecular weight excluding hydrogens is 379 g/mol. The summed E-state index contributed by atoms with van der Waals surface area (Å²) in [4.78, 5) is 14.1. The third-order valence-corrected chi connectivity index (χ3v) is 6.96. The van der Waals surface area contributed by atoms with E-state index < -0.39 is 10.0 Å². The van der Waals surface area contributed by atoms with Crippen LogP contribution in [0.2, 0.25) is 0 Å². The Morgan fingerprint density at radius 3 is 2.50 bits per heavy atom. The van der Waals surface area contributed by atoms with Crippen LogP contribution in [0.1, 0.15) is 30.4 Å². The van der Waals surface area contributed by atoms with E-state index in [2.05, 4.69) is 4.72 Å². The molecule has 28 heavy (non-hydrogen) atoms. The van der Waals surface area contributed by atoms with E-state index in [9.17, 15) is 17.6 Å². The van der Waals surface area contributed by atoms with Crippen LogP contribution in [0.25, 0.3) is 0 Å². The number of rotatable bonds is 5. The second-order valence-corrected chi connectivity index (χ2v) is 9.31. The van der Waals surface area contributed by atoms with Crippen LogP contribution in [0, 0.1) is 11.7 Å². The largest absolute Gasteiger partial charge is 0.312 e. The first-order valence-corrected chi connectivity index (χ1v) is 11.1. The Labute approximate surface area is 164 Å². The third-order valence-electron chi connectivity index (χ3n) is 5.54. The third kappa shape index (κ3) is 3.95. The van der Waals surface area contributed by atoms with Gasteiger partial charge < -0.3 is 4.90 Å². The van der Waals surface area contributed by atoms with E-state index in [1.165, 1.54) is 17.7 Å². The molecule has 0 unspecified atom stereocenters. The lowest BCUT2D eigenvalue weighted by Crippen LogP contribution is -2.31. The molecule has 2 aromatic rings. The Morgan fingerprint density at radius 1 is 1.04 bits per heavy atom. The van der Waals surface area contributed by atoms with Crippen molar-refractivity contribution in [1.82, 2.24) is 4.72 Å². The molecule has 2 aliphatic rings. The summed E-state index contributed by atoms with van der Waals surface area (Å²) in [6.07, 6.45) is 4.43. The molecule has 0 spiro atoms. The fraction of sp³-hybridized carbons (Fsp3) is 0.381. The number of benzene rings is 2. The number of sulfonamides is 1. The van der Waals surface area contributed by atoms with E-state index >= 15 is 0 Å². The van der Waals surface area contributed by atoms with Crippen molar-refractivity contribution < 1.29 is 17.6 Å². The van der Waals surface area contributed by atoms with Crippen LogP contribution in [0.3, 0.4) is 0 Å². The predicted octanol–water partition coefficient (Wildman–Crippen LogP) is 3.04. The highest BCUT2D eigenvalue weighted by Crippen LogP contribution is 2.26. The summed E-state index contributed by atoms with van der Waals surface area (Å²) in [5.74, 6) is -0.556. The molecule has 1 aliphatic heterocycles. The minimum absolute atomic E-state index is 0.0791. The molecule has 0 saturated carbocycles. The van der Waals surface area contributed by atoms with Crippen LogP contribution >= 0.6 is 0 Å². The van der Waals surface area contributed by atoms with Crippen LogP contribution in [-0.4, -0.2) is 27.4 Å². The molecule has 0 radical (unpaired) electrons. The summed E-state index contributed by atoms with van der Waals surface area (Å²) < 4.78 is 41.1. The quantitative estimate of drug-likeness (QED) is 0.836. The Bertz CT molecular complexity index is 989. The maximum atomic E-state index is 13.1. The number of anilines is 1. The molecule has 1 amide bonds. The first kappa shape index (κ1) is 19.1. The molecule has 1 aliphatic carbocycles. The van der Waals surface area contributed by atoms with Crippen molar-refractivity contribution in [3.8, 4) is 0 Å². The fourth-order valence-corrected chi connectivity index (χ4v) is 5.14. The molecule has 1 saturated heterocycles. The molecule has 1 atom stereocenters. The van der Waals surface area contributed by atoms with Gasteiger partial charge in [-0.1, -0.05) is 6.07 Å². The van der Waals surface area contributed by atoms with Crippen molar-refractivity contribution in [2.45, 2.75) is 37.0 Å². The van der Waals surface area contributed by atoms with Gasteiger partial charge in [0.05, 0.1) is 4.90 Å². The Balaban J connectivity index is 1.41. The standard InChI is InChI=1S/C21H23FN2O3S/c22-18-6-8-19(9-7-18)24-14-15(11-21(24)25)13-23-28(26,27)20-10-5-16-3-1-2-4-17(16)12-20/h5-10,12,15,23H,1-4,11,13-14H2/t15-/m0/s1. The summed E-state index contributed by atoms with van der Waals surface area (Å²) in [6, 6.07) is 11.1. The van der Waals surface area contributed by atoms with Gasteiger partial charge in [0.2, 0.25) is 15.9 Å². The monoisotopic (exact) mass is 402 g/mol. The molecule has 7 heteroatoms. The van der Waals surface area contributed by atoms with Crippen molar-refractivity contribution in [3.05, 3.63) is 59.4 Å². The first-order valence-electron chi connectivity index (χ1n) is 9.60. The molecule has 0 aromatic heterocycles. The zero-order chi connectivity index (χ0) is 19.7. The average Bonchev–Trinajstić information content (AvgIpc) is 3.07. The number of fused-ring (bicyclic) bond motifs is 1. The highest BCUT2D eigenvalue weighted by molar-refractivity contribution is 7.89. The van der Waals surface area contributed by atoms with Crippen LogP contribution in [0.4, 0.5) is 10.1 Å². The molecule has 0 bridgehead atoms. The van der Waals surface area contributed by atoms with E-state index in [0.717, 1.165) is 31.2 Å². The Kier molecular flexibility index (Phi) is 5.21. The number of aryl methyl sites for hydroxylation is 2. The smallest absolute Gasteiger partial charge is 0.240 e. The van der Waals surface area contributed by atoms with E-state index in [1.54, 1.807) is 29.2 Å². The lowest BCUT2D eigenvalue weighted by molar-refractivity contribution is -0.117. The number of halogens is 1. The van der Waals surface area contributed by atoms with Crippen LogP contribution < -0.4 is 9.62 Å². The highest BCUT2D eigenvalue weighted by Gasteiger charge is 2.31. The van der Waals surface area contributed by atoms with Crippen molar-refractivity contribution in [3.63, 3.8) is 0 Å². The fourth-order valence-electron chi connectivity index (χ4n) is 3.98. The zero-order valence-corrected chi connectivity index (χ0v) is 16.3. The minimum atomic E-state index is -3.62. The maximum absolute atomic E-state index is 13.1. The normalized spacial score (nSPS) is 19.7. The summed E-state index contributed by atoms with van der Waals surface area (Å²) in [5.41, 5.74) is 2.99. The van der Waals surface area contributed by atoms with E-state index in [4.69, 9.17) is 0 Å². The molecule has 148 valence electrons. The van der Waals surface area contributed by atoms with Crippen LogP contribution in [0.5, 0.6) is 0 Å². The first-order chi connectivity index (χ1) is 13.4. The topological polar surface area (TPSA) is 66.5 Å². The second-order valence-electron chi connectivity index (χ2n) is 7.54. The number of carbonyl (C=O) groups excluding carboxylic acids is 1. The molecule has 2 aromatic carbocycles. The molecule has 1 fully saturated rings. The predicted molar refractivity (Wildman–Crippen MR) is 105 cm³/mol. The number of amides is 1. The SMILES string of the molecule is O=C1C[C@@H](CNS(=O)(=O)c2ccc3c(c2)CCCC3)CN1c1ccc(F)cc1. The number of nitrogens with zero attached hydrogens (tertiary/aromatic N) is 1. The summed E-state index contributed by atoms with van der Waals surface area (Å²) >= 11 is 0. The van der Waals surface area contributed by atoms with Crippen LogP contribution in [0.15, 0.2) is 47.4 Å². The number of nitrogens with one attached hydrogen (secondary N) is 1. The lowest BCUT2D eigenvalue weighted by atomic mass is 9.92. The van der Waals surface area contributed by atoms with Crippen molar-refractivity contribution in [1.29, 1.82) is 0 Å². The molecular formula is C21H23FN2O3S. The van der Waals surface area contributed by atoms with Gasteiger partial charge in [0.15, 0.2) is 0 Å². The Hall–Kier alpha value is -2.25. The number of carbonyl (C=O) groups is 1. The highest BCUT2D eigenvalue weighted by atomic mass is 32.2. The van der Waals surface area contributed by atoms with Gasteiger partial charge in [0.25, 0.3) is 0 Å². The summed E-state index contributed by atoms with van der Waals surface area (Å²) in [7, 11) is -3.62. The lowest BCUT2D eigenvalue weighted by Gasteiger charge is -2.18.